The number of rotatable bonds is 2. The average molecular weight is 187 g/mol. The summed E-state index contributed by atoms with van der Waals surface area (Å²) in [6.45, 7) is 1.32. The highest BCUT2D eigenvalue weighted by atomic mass is 19.3. The van der Waals surface area contributed by atoms with Crippen molar-refractivity contribution in [1.82, 2.24) is 4.98 Å². The van der Waals surface area contributed by atoms with Crippen molar-refractivity contribution in [1.29, 1.82) is 0 Å². The second-order valence-corrected chi connectivity index (χ2v) is 2.49. The van der Waals surface area contributed by atoms with E-state index in [9.17, 15) is 13.6 Å². The van der Waals surface area contributed by atoms with Crippen molar-refractivity contribution >= 4 is 6.29 Å². The SMILES string of the molecule is Cc1c(C=O)ncc(O)c1C(F)F. The summed E-state index contributed by atoms with van der Waals surface area (Å²) >= 11 is 0. The maximum absolute atomic E-state index is 12.3. The Kier molecular flexibility index (Phi) is 2.55. The van der Waals surface area contributed by atoms with Crippen molar-refractivity contribution in [3.05, 3.63) is 23.0 Å². The molecular formula is C8H7F2NO2. The molecule has 1 heterocycles. The summed E-state index contributed by atoms with van der Waals surface area (Å²) in [7, 11) is 0. The number of nitrogens with zero attached hydrogens (tertiary/aromatic N) is 1. The maximum atomic E-state index is 12.3. The zero-order chi connectivity index (χ0) is 10.0. The molecule has 70 valence electrons. The molecule has 1 aromatic rings. The lowest BCUT2D eigenvalue weighted by Crippen LogP contribution is -1.98. The number of carbonyl (C=O) groups is 1. The van der Waals surface area contributed by atoms with E-state index in [1.54, 1.807) is 0 Å². The fourth-order valence-corrected chi connectivity index (χ4v) is 1.02. The second-order valence-electron chi connectivity index (χ2n) is 2.49. The van der Waals surface area contributed by atoms with Crippen LogP contribution < -0.4 is 0 Å². The van der Waals surface area contributed by atoms with Crippen LogP contribution in [0, 0.1) is 6.92 Å². The van der Waals surface area contributed by atoms with Crippen LogP contribution in [0.2, 0.25) is 0 Å². The molecule has 1 aromatic heterocycles. The molecular weight excluding hydrogens is 180 g/mol. The number of hydrogen-bond donors (Lipinski definition) is 1. The van der Waals surface area contributed by atoms with Gasteiger partial charge in [-0.3, -0.25) is 4.79 Å². The van der Waals surface area contributed by atoms with E-state index in [4.69, 9.17) is 5.11 Å². The Morgan fingerprint density at radius 1 is 1.62 bits per heavy atom. The van der Waals surface area contributed by atoms with E-state index in [1.165, 1.54) is 6.92 Å². The molecule has 3 nitrogen and oxygen atoms in total. The van der Waals surface area contributed by atoms with E-state index in [0.29, 0.717) is 6.29 Å². The summed E-state index contributed by atoms with van der Waals surface area (Å²) < 4.78 is 24.6. The number of aldehydes is 1. The lowest BCUT2D eigenvalue weighted by molar-refractivity contribution is 0.111. The van der Waals surface area contributed by atoms with Crippen LogP contribution in [0.1, 0.15) is 28.0 Å². The third-order valence-electron chi connectivity index (χ3n) is 1.72. The number of hydrogen-bond acceptors (Lipinski definition) is 3. The molecule has 0 bridgehead atoms. The van der Waals surface area contributed by atoms with Gasteiger partial charge in [0.1, 0.15) is 11.4 Å². The Hall–Kier alpha value is -1.52. The minimum absolute atomic E-state index is 0.0185. The molecule has 1 rings (SSSR count). The molecule has 0 radical (unpaired) electrons. The molecule has 0 amide bonds. The number of aromatic hydroxyl groups is 1. The van der Waals surface area contributed by atoms with Gasteiger partial charge < -0.3 is 5.11 Å². The third-order valence-corrected chi connectivity index (χ3v) is 1.72. The molecule has 0 aliphatic rings. The molecule has 0 fully saturated rings. The molecule has 0 aromatic carbocycles. The molecule has 5 heteroatoms. The zero-order valence-corrected chi connectivity index (χ0v) is 6.79. The summed E-state index contributed by atoms with van der Waals surface area (Å²) in [4.78, 5) is 13.8. The van der Waals surface area contributed by atoms with Gasteiger partial charge in [-0.05, 0) is 12.5 Å². The first kappa shape index (κ1) is 9.57. The summed E-state index contributed by atoms with van der Waals surface area (Å²) in [5, 5.41) is 9.02. The fraction of sp³-hybridized carbons (Fsp3) is 0.250. The predicted molar refractivity (Wildman–Crippen MR) is 41.0 cm³/mol. The Labute approximate surface area is 73.0 Å². The monoisotopic (exact) mass is 187 g/mol. The first-order valence-electron chi connectivity index (χ1n) is 3.49. The number of halogens is 2. The molecule has 0 unspecified atom stereocenters. The predicted octanol–water partition coefficient (Wildman–Crippen LogP) is 1.85. The topological polar surface area (TPSA) is 50.2 Å². The minimum atomic E-state index is -2.80. The van der Waals surface area contributed by atoms with Gasteiger partial charge in [-0.2, -0.15) is 0 Å². The highest BCUT2D eigenvalue weighted by Gasteiger charge is 2.18. The standard InChI is InChI=1S/C8H7F2NO2/c1-4-5(3-12)11-2-6(13)7(4)8(9)10/h2-3,8,13H,1H3. The quantitative estimate of drug-likeness (QED) is 0.718. The highest BCUT2D eigenvalue weighted by molar-refractivity contribution is 5.75. The molecule has 0 spiro atoms. The van der Waals surface area contributed by atoms with Crippen LogP contribution in [0.15, 0.2) is 6.20 Å². The van der Waals surface area contributed by atoms with E-state index in [2.05, 4.69) is 4.98 Å². The summed E-state index contributed by atoms with van der Waals surface area (Å²) in [6.07, 6.45) is -1.58. The first-order chi connectivity index (χ1) is 6.07. The van der Waals surface area contributed by atoms with Gasteiger partial charge in [0, 0.05) is 0 Å². The van der Waals surface area contributed by atoms with Gasteiger partial charge in [0.05, 0.1) is 11.8 Å². The van der Waals surface area contributed by atoms with Crippen LogP contribution in [0.25, 0.3) is 0 Å². The minimum Gasteiger partial charge on any atom is -0.506 e. The van der Waals surface area contributed by atoms with Crippen molar-refractivity contribution in [3.8, 4) is 5.75 Å². The lowest BCUT2D eigenvalue weighted by Gasteiger charge is -2.07. The zero-order valence-electron chi connectivity index (χ0n) is 6.79. The van der Waals surface area contributed by atoms with Crippen LogP contribution >= 0.6 is 0 Å². The third kappa shape index (κ3) is 1.63. The van der Waals surface area contributed by atoms with Gasteiger partial charge in [0.15, 0.2) is 6.29 Å². The van der Waals surface area contributed by atoms with Gasteiger partial charge in [-0.15, -0.1) is 0 Å². The van der Waals surface area contributed by atoms with Crippen LogP contribution in [-0.4, -0.2) is 16.4 Å². The van der Waals surface area contributed by atoms with Gasteiger partial charge in [-0.1, -0.05) is 0 Å². The van der Waals surface area contributed by atoms with Crippen molar-refractivity contribution in [2.75, 3.05) is 0 Å². The molecule has 0 saturated carbocycles. The molecule has 0 atom stereocenters. The molecule has 0 aliphatic carbocycles. The number of alkyl halides is 2. The Balaban J connectivity index is 3.38. The number of pyridine rings is 1. The smallest absolute Gasteiger partial charge is 0.267 e. The van der Waals surface area contributed by atoms with E-state index in [0.717, 1.165) is 6.20 Å². The van der Waals surface area contributed by atoms with E-state index in [-0.39, 0.29) is 11.3 Å². The number of carbonyl (C=O) groups excluding carboxylic acids is 1. The Morgan fingerprint density at radius 2 is 2.23 bits per heavy atom. The Morgan fingerprint density at radius 3 is 2.69 bits per heavy atom. The fourth-order valence-electron chi connectivity index (χ4n) is 1.02. The van der Waals surface area contributed by atoms with Crippen LogP contribution in [0.3, 0.4) is 0 Å². The summed E-state index contributed by atoms with van der Waals surface area (Å²) in [6, 6.07) is 0. The number of aromatic nitrogens is 1. The van der Waals surface area contributed by atoms with Crippen LogP contribution in [0.5, 0.6) is 5.75 Å². The highest BCUT2D eigenvalue weighted by Crippen LogP contribution is 2.31. The van der Waals surface area contributed by atoms with Gasteiger partial charge in [0.25, 0.3) is 6.43 Å². The second kappa shape index (κ2) is 3.47. The first-order valence-corrected chi connectivity index (χ1v) is 3.49. The van der Waals surface area contributed by atoms with E-state index in [1.807, 2.05) is 0 Å². The van der Waals surface area contributed by atoms with Gasteiger partial charge in [0.2, 0.25) is 0 Å². The molecule has 1 N–H and O–H groups in total. The van der Waals surface area contributed by atoms with Crippen molar-refractivity contribution in [2.45, 2.75) is 13.3 Å². The largest absolute Gasteiger partial charge is 0.506 e. The van der Waals surface area contributed by atoms with Crippen LogP contribution in [0.4, 0.5) is 8.78 Å². The Bertz CT molecular complexity index is 339. The summed E-state index contributed by atoms with van der Waals surface area (Å²) in [5.74, 6) is -0.585. The van der Waals surface area contributed by atoms with Crippen LogP contribution in [-0.2, 0) is 0 Å². The van der Waals surface area contributed by atoms with Crippen molar-refractivity contribution in [2.24, 2.45) is 0 Å². The van der Waals surface area contributed by atoms with Gasteiger partial charge in [-0.25, -0.2) is 13.8 Å². The average Bonchev–Trinajstić information content (AvgIpc) is 2.04. The van der Waals surface area contributed by atoms with E-state index < -0.39 is 17.7 Å². The lowest BCUT2D eigenvalue weighted by atomic mass is 10.1. The maximum Gasteiger partial charge on any atom is 0.267 e. The van der Waals surface area contributed by atoms with Crippen molar-refractivity contribution in [3.63, 3.8) is 0 Å². The van der Waals surface area contributed by atoms with Crippen molar-refractivity contribution < 1.29 is 18.7 Å². The van der Waals surface area contributed by atoms with Gasteiger partial charge >= 0.3 is 0 Å². The molecule has 0 aliphatic heterocycles. The molecule has 0 saturated heterocycles. The van der Waals surface area contributed by atoms with E-state index >= 15 is 0 Å². The molecule has 13 heavy (non-hydrogen) atoms. The normalized spacial score (nSPS) is 10.5. The summed E-state index contributed by atoms with van der Waals surface area (Å²) in [5.41, 5.74) is -0.588.